The molecule has 1 aliphatic heterocycles. The maximum atomic E-state index is 12.7. The van der Waals surface area contributed by atoms with Crippen molar-refractivity contribution >= 4 is 29.9 Å². The van der Waals surface area contributed by atoms with E-state index in [1.54, 1.807) is 0 Å². The van der Waals surface area contributed by atoms with E-state index in [0.29, 0.717) is 0 Å². The third-order valence-corrected chi connectivity index (χ3v) is 9.73. The fraction of sp³-hybridized carbons (Fsp3) is 0.600. The lowest BCUT2D eigenvalue weighted by atomic mass is 10.2. The van der Waals surface area contributed by atoms with Gasteiger partial charge < -0.3 is 0 Å². The van der Waals surface area contributed by atoms with Gasteiger partial charge in [0.2, 0.25) is 20.0 Å². The maximum Gasteiger partial charge on any atom is 0.243 e. The van der Waals surface area contributed by atoms with E-state index in [9.17, 15) is 25.3 Å². The van der Waals surface area contributed by atoms with Crippen LogP contribution in [0.25, 0.3) is 0 Å². The number of primary sulfonamides is 1. The molecule has 8 nitrogen and oxygen atoms in total. The second-order valence-corrected chi connectivity index (χ2v) is 12.7. The molecular formula is C15H24N2O6S3. The zero-order valence-corrected chi connectivity index (χ0v) is 17.1. The van der Waals surface area contributed by atoms with Crippen LogP contribution < -0.4 is 5.14 Å². The molecule has 0 saturated carbocycles. The molecule has 1 heterocycles. The molecule has 0 spiro atoms. The molecular weight excluding hydrogens is 400 g/mol. The Labute approximate surface area is 155 Å². The van der Waals surface area contributed by atoms with E-state index in [2.05, 4.69) is 0 Å². The van der Waals surface area contributed by atoms with Gasteiger partial charge in [-0.25, -0.2) is 30.4 Å². The minimum absolute atomic E-state index is 0.0269. The van der Waals surface area contributed by atoms with Gasteiger partial charge in [0.05, 0.1) is 20.8 Å². The molecule has 1 fully saturated rings. The fourth-order valence-corrected chi connectivity index (χ4v) is 7.10. The summed E-state index contributed by atoms with van der Waals surface area (Å²) in [5.41, 5.74) is 0. The molecule has 0 unspecified atom stereocenters. The summed E-state index contributed by atoms with van der Waals surface area (Å²) in [6.45, 7) is 3.90. The Balaban J connectivity index is 2.13. The van der Waals surface area contributed by atoms with Crippen LogP contribution in [-0.4, -0.2) is 53.7 Å². The minimum atomic E-state index is -3.90. The van der Waals surface area contributed by atoms with Crippen LogP contribution in [0, 0.1) is 5.92 Å². The second kappa shape index (κ2) is 7.55. The topological polar surface area (TPSA) is 132 Å². The summed E-state index contributed by atoms with van der Waals surface area (Å²) in [5, 5.41) is 4.48. The smallest absolute Gasteiger partial charge is 0.229 e. The zero-order valence-electron chi connectivity index (χ0n) is 14.7. The molecule has 0 radical (unpaired) electrons. The summed E-state index contributed by atoms with van der Waals surface area (Å²) in [6.07, 6.45) is 0.507. The van der Waals surface area contributed by atoms with Crippen molar-refractivity contribution in [1.29, 1.82) is 0 Å². The number of nitrogens with zero attached hydrogens (tertiary/aromatic N) is 1. The average Bonchev–Trinajstić information content (AvgIpc) is 2.53. The van der Waals surface area contributed by atoms with E-state index in [1.807, 2.05) is 13.8 Å². The number of benzene rings is 1. The maximum absolute atomic E-state index is 12.7. The lowest BCUT2D eigenvalue weighted by Crippen LogP contribution is -2.43. The molecule has 148 valence electrons. The van der Waals surface area contributed by atoms with Crippen molar-refractivity contribution < 1.29 is 25.3 Å². The van der Waals surface area contributed by atoms with Gasteiger partial charge in [-0.2, -0.15) is 4.31 Å². The number of piperidine rings is 1. The van der Waals surface area contributed by atoms with Gasteiger partial charge in [0.15, 0.2) is 9.84 Å². The monoisotopic (exact) mass is 424 g/mol. The van der Waals surface area contributed by atoms with Gasteiger partial charge >= 0.3 is 0 Å². The molecule has 1 saturated heterocycles. The first kappa shape index (κ1) is 21.3. The summed E-state index contributed by atoms with van der Waals surface area (Å²) < 4.78 is 73.8. The predicted octanol–water partition coefficient (Wildman–Crippen LogP) is 0.558. The van der Waals surface area contributed by atoms with Crippen LogP contribution in [0.1, 0.15) is 26.7 Å². The van der Waals surface area contributed by atoms with E-state index in [-0.39, 0.29) is 47.4 Å². The molecule has 0 amide bonds. The Hall–Kier alpha value is -1.01. The number of rotatable bonds is 6. The standard InChI is InChI=1S/C15H24N2O6S3/c1-12(2)11-24(18,19)13-7-9-17(10-8-13)26(22,23)15-5-3-14(4-6-15)25(16,20)21/h3-6,12-13H,7-11H2,1-2H3,(H2,16,20,21). The fourth-order valence-electron chi connectivity index (χ4n) is 2.98. The number of hydrogen-bond acceptors (Lipinski definition) is 6. The molecule has 1 aromatic carbocycles. The van der Waals surface area contributed by atoms with Crippen LogP contribution in [0.2, 0.25) is 0 Å². The Bertz CT molecular complexity index is 943. The van der Waals surface area contributed by atoms with E-state index >= 15 is 0 Å². The zero-order chi connectivity index (χ0) is 19.8. The lowest BCUT2D eigenvalue weighted by Gasteiger charge is -2.31. The van der Waals surface area contributed by atoms with Crippen molar-refractivity contribution in [3.8, 4) is 0 Å². The molecule has 26 heavy (non-hydrogen) atoms. The highest BCUT2D eigenvalue weighted by Gasteiger charge is 2.35. The molecule has 0 aromatic heterocycles. The van der Waals surface area contributed by atoms with Gasteiger partial charge in [-0.05, 0) is 43.0 Å². The minimum Gasteiger partial charge on any atom is -0.229 e. The highest BCUT2D eigenvalue weighted by molar-refractivity contribution is 7.92. The molecule has 0 atom stereocenters. The largest absolute Gasteiger partial charge is 0.243 e. The first-order valence-corrected chi connectivity index (χ1v) is 12.9. The van der Waals surface area contributed by atoms with Crippen LogP contribution in [-0.2, 0) is 29.9 Å². The van der Waals surface area contributed by atoms with Gasteiger partial charge in [0.25, 0.3) is 0 Å². The molecule has 1 aromatic rings. The summed E-state index contributed by atoms with van der Waals surface area (Å²) in [6, 6.07) is 4.66. The summed E-state index contributed by atoms with van der Waals surface area (Å²) in [5.74, 6) is 0.124. The van der Waals surface area contributed by atoms with Crippen molar-refractivity contribution in [2.45, 2.75) is 41.7 Å². The van der Waals surface area contributed by atoms with Crippen molar-refractivity contribution in [1.82, 2.24) is 4.31 Å². The van der Waals surface area contributed by atoms with Crippen LogP contribution in [0.15, 0.2) is 34.1 Å². The second-order valence-electron chi connectivity index (χ2n) is 6.84. The lowest BCUT2D eigenvalue weighted by molar-refractivity contribution is 0.345. The number of sulfonamides is 2. The SMILES string of the molecule is CC(C)CS(=O)(=O)C1CCN(S(=O)(=O)c2ccc(S(N)(=O)=O)cc2)CC1. The highest BCUT2D eigenvalue weighted by atomic mass is 32.2. The summed E-state index contributed by atoms with van der Waals surface area (Å²) in [7, 11) is -11.0. The highest BCUT2D eigenvalue weighted by Crippen LogP contribution is 2.25. The Kier molecular flexibility index (Phi) is 6.18. The first-order chi connectivity index (χ1) is 11.8. The van der Waals surface area contributed by atoms with Crippen molar-refractivity contribution in [3.63, 3.8) is 0 Å². The van der Waals surface area contributed by atoms with Crippen LogP contribution >= 0.6 is 0 Å². The van der Waals surface area contributed by atoms with E-state index < -0.39 is 35.1 Å². The first-order valence-electron chi connectivity index (χ1n) is 8.18. The summed E-state index contributed by atoms with van der Waals surface area (Å²) in [4.78, 5) is -0.219. The average molecular weight is 425 g/mol. The third kappa shape index (κ3) is 4.83. The number of hydrogen-bond donors (Lipinski definition) is 1. The van der Waals surface area contributed by atoms with E-state index in [1.165, 1.54) is 16.4 Å². The third-order valence-electron chi connectivity index (χ3n) is 4.26. The Morgan fingerprint density at radius 2 is 1.42 bits per heavy atom. The molecule has 2 rings (SSSR count). The van der Waals surface area contributed by atoms with Gasteiger partial charge in [0, 0.05) is 13.1 Å². The molecule has 11 heteroatoms. The van der Waals surface area contributed by atoms with Crippen molar-refractivity contribution in [2.75, 3.05) is 18.8 Å². The Morgan fingerprint density at radius 3 is 1.85 bits per heavy atom. The molecule has 0 aliphatic carbocycles. The van der Waals surface area contributed by atoms with Crippen molar-refractivity contribution in [3.05, 3.63) is 24.3 Å². The molecule has 2 N–H and O–H groups in total. The van der Waals surface area contributed by atoms with Gasteiger partial charge in [-0.1, -0.05) is 13.8 Å². The molecule has 1 aliphatic rings. The quantitative estimate of drug-likeness (QED) is 0.709. The predicted molar refractivity (Wildman–Crippen MR) is 98.2 cm³/mol. The molecule has 0 bridgehead atoms. The van der Waals surface area contributed by atoms with Crippen LogP contribution in [0.3, 0.4) is 0 Å². The number of sulfone groups is 1. The van der Waals surface area contributed by atoms with Crippen LogP contribution in [0.4, 0.5) is 0 Å². The summed E-state index contributed by atoms with van der Waals surface area (Å²) >= 11 is 0. The van der Waals surface area contributed by atoms with Crippen LogP contribution in [0.5, 0.6) is 0 Å². The van der Waals surface area contributed by atoms with Crippen molar-refractivity contribution in [2.24, 2.45) is 11.1 Å². The van der Waals surface area contributed by atoms with Gasteiger partial charge in [-0.15, -0.1) is 0 Å². The van der Waals surface area contributed by atoms with E-state index in [0.717, 1.165) is 12.1 Å². The van der Waals surface area contributed by atoms with E-state index in [4.69, 9.17) is 5.14 Å². The normalized spacial score (nSPS) is 18.3. The van der Waals surface area contributed by atoms with Gasteiger partial charge in [0.1, 0.15) is 0 Å². The Morgan fingerprint density at radius 1 is 0.962 bits per heavy atom. The van der Waals surface area contributed by atoms with Gasteiger partial charge in [-0.3, -0.25) is 0 Å². The number of nitrogens with two attached hydrogens (primary N) is 1.